The smallest absolute Gasteiger partial charge is 0.293 e. The van der Waals surface area contributed by atoms with Crippen LogP contribution in [0.5, 0.6) is 11.5 Å². The summed E-state index contributed by atoms with van der Waals surface area (Å²) in [5.74, 6) is 1.04. The number of ether oxygens (including phenoxy) is 2. The number of rotatable bonds is 5. The maximum absolute atomic E-state index is 12.3. The van der Waals surface area contributed by atoms with Gasteiger partial charge in [-0.2, -0.15) is 0 Å². The zero-order valence-corrected chi connectivity index (χ0v) is 16.4. The lowest BCUT2D eigenvalue weighted by atomic mass is 10.1. The molecule has 1 aromatic rings. The van der Waals surface area contributed by atoms with E-state index in [1.807, 2.05) is 26.8 Å². The largest absolute Gasteiger partial charge is 0.493 e. The third-order valence-corrected chi connectivity index (χ3v) is 4.86. The Kier molecular flexibility index (Phi) is 5.96. The quantitative estimate of drug-likeness (QED) is 0.502. The van der Waals surface area contributed by atoms with Gasteiger partial charge in [-0.3, -0.25) is 14.5 Å². The molecule has 7 heteroatoms. The molecule has 0 aliphatic carbocycles. The normalized spacial score (nSPS) is 16.6. The average molecular weight is 447 g/mol. The molecule has 1 aliphatic heterocycles. The predicted molar refractivity (Wildman–Crippen MR) is 99.8 cm³/mol. The van der Waals surface area contributed by atoms with E-state index in [1.54, 1.807) is 19.3 Å². The summed E-state index contributed by atoms with van der Waals surface area (Å²) >= 11 is 3.13. The van der Waals surface area contributed by atoms with Crippen molar-refractivity contribution in [3.63, 3.8) is 0 Å². The number of carbonyl (C=O) groups excluding carboxylic acids is 2. The molecule has 124 valence electrons. The van der Waals surface area contributed by atoms with E-state index in [2.05, 4.69) is 22.6 Å². The minimum Gasteiger partial charge on any atom is -0.493 e. The van der Waals surface area contributed by atoms with Crippen LogP contribution < -0.4 is 9.47 Å². The molecule has 0 atom stereocenters. The lowest BCUT2D eigenvalue weighted by Gasteiger charge is -2.16. The Bertz CT molecular complexity index is 672. The van der Waals surface area contributed by atoms with Gasteiger partial charge in [-0.25, -0.2) is 0 Å². The van der Waals surface area contributed by atoms with E-state index < -0.39 is 0 Å². The van der Waals surface area contributed by atoms with Crippen molar-refractivity contribution in [3.05, 3.63) is 26.2 Å². The first kappa shape index (κ1) is 18.1. The minimum absolute atomic E-state index is 0.150. The van der Waals surface area contributed by atoms with E-state index in [0.717, 1.165) is 20.9 Å². The Morgan fingerprint density at radius 1 is 1.35 bits per heavy atom. The average Bonchev–Trinajstić information content (AvgIpc) is 2.75. The van der Waals surface area contributed by atoms with E-state index in [-0.39, 0.29) is 17.2 Å². The Morgan fingerprint density at radius 3 is 2.57 bits per heavy atom. The van der Waals surface area contributed by atoms with Gasteiger partial charge in [-0.15, -0.1) is 0 Å². The summed E-state index contributed by atoms with van der Waals surface area (Å²) in [5.41, 5.74) is 0.795. The lowest BCUT2D eigenvalue weighted by Crippen LogP contribution is -2.34. The zero-order chi connectivity index (χ0) is 17.1. The maximum Gasteiger partial charge on any atom is 0.293 e. The minimum atomic E-state index is -0.252. The van der Waals surface area contributed by atoms with Crippen LogP contribution in [-0.4, -0.2) is 35.8 Å². The molecule has 1 aromatic carbocycles. The zero-order valence-electron chi connectivity index (χ0n) is 13.4. The molecular formula is C16H18INO4S. The molecule has 0 aromatic heterocycles. The van der Waals surface area contributed by atoms with Gasteiger partial charge in [0.15, 0.2) is 11.5 Å². The number of nitrogens with zero attached hydrogens (tertiary/aromatic N) is 1. The summed E-state index contributed by atoms with van der Waals surface area (Å²) in [7, 11) is 1.57. The Labute approximate surface area is 153 Å². The SMILES string of the molecule is CCOc1c(I)cc(/C=C2\SC(=O)N(C(C)C)C2=O)cc1OC. The van der Waals surface area contributed by atoms with Crippen LogP contribution in [0.2, 0.25) is 0 Å². The van der Waals surface area contributed by atoms with Crippen molar-refractivity contribution in [2.24, 2.45) is 0 Å². The van der Waals surface area contributed by atoms with Crippen molar-refractivity contribution >= 4 is 51.6 Å². The molecule has 0 N–H and O–H groups in total. The van der Waals surface area contributed by atoms with E-state index in [0.29, 0.717) is 23.0 Å². The highest BCUT2D eigenvalue weighted by molar-refractivity contribution is 14.1. The molecule has 0 saturated carbocycles. The first-order valence-corrected chi connectivity index (χ1v) is 9.06. The molecule has 1 heterocycles. The number of halogens is 1. The van der Waals surface area contributed by atoms with Crippen LogP contribution in [0.4, 0.5) is 4.79 Å². The highest BCUT2D eigenvalue weighted by Gasteiger charge is 2.36. The molecule has 0 spiro atoms. The van der Waals surface area contributed by atoms with Crippen molar-refractivity contribution in [1.29, 1.82) is 0 Å². The van der Waals surface area contributed by atoms with Crippen molar-refractivity contribution in [2.75, 3.05) is 13.7 Å². The maximum atomic E-state index is 12.3. The second kappa shape index (κ2) is 7.57. The molecule has 1 aliphatic rings. The van der Waals surface area contributed by atoms with Crippen molar-refractivity contribution in [3.8, 4) is 11.5 Å². The van der Waals surface area contributed by atoms with Crippen LogP contribution in [0.3, 0.4) is 0 Å². The first-order chi connectivity index (χ1) is 10.9. The summed E-state index contributed by atoms with van der Waals surface area (Å²) in [5, 5.41) is -0.233. The Balaban J connectivity index is 2.38. The number of methoxy groups -OCH3 is 1. The molecule has 5 nitrogen and oxygen atoms in total. The van der Waals surface area contributed by atoms with E-state index >= 15 is 0 Å². The molecule has 2 amide bonds. The summed E-state index contributed by atoms with van der Waals surface area (Å²) in [6.07, 6.45) is 1.72. The second-order valence-electron chi connectivity index (χ2n) is 5.11. The molecule has 1 fully saturated rings. The number of amides is 2. The lowest BCUT2D eigenvalue weighted by molar-refractivity contribution is -0.123. The topological polar surface area (TPSA) is 55.8 Å². The molecule has 0 bridgehead atoms. The van der Waals surface area contributed by atoms with Crippen LogP contribution in [-0.2, 0) is 4.79 Å². The van der Waals surface area contributed by atoms with Crippen molar-refractivity contribution in [1.82, 2.24) is 4.90 Å². The third-order valence-electron chi connectivity index (χ3n) is 3.18. The summed E-state index contributed by atoms with van der Waals surface area (Å²) < 4.78 is 11.8. The molecule has 0 unspecified atom stereocenters. The fraction of sp³-hybridized carbons (Fsp3) is 0.375. The molecular weight excluding hydrogens is 429 g/mol. The second-order valence-corrected chi connectivity index (χ2v) is 7.27. The highest BCUT2D eigenvalue weighted by Crippen LogP contribution is 2.37. The monoisotopic (exact) mass is 447 g/mol. The number of hydrogen-bond acceptors (Lipinski definition) is 5. The van der Waals surface area contributed by atoms with E-state index in [1.165, 1.54) is 4.90 Å². The Hall–Kier alpha value is -1.22. The van der Waals surface area contributed by atoms with Gasteiger partial charge in [0, 0.05) is 6.04 Å². The summed E-state index contributed by atoms with van der Waals surface area (Å²) in [6.45, 7) is 6.09. The van der Waals surface area contributed by atoms with Gasteiger partial charge >= 0.3 is 0 Å². The van der Waals surface area contributed by atoms with Crippen LogP contribution in [0.1, 0.15) is 26.3 Å². The fourth-order valence-electron chi connectivity index (χ4n) is 2.18. The Morgan fingerprint density at radius 2 is 2.04 bits per heavy atom. The van der Waals surface area contributed by atoms with Gasteiger partial charge < -0.3 is 9.47 Å². The van der Waals surface area contributed by atoms with Gasteiger partial charge in [0.1, 0.15) is 0 Å². The van der Waals surface area contributed by atoms with E-state index in [4.69, 9.17) is 9.47 Å². The van der Waals surface area contributed by atoms with Crippen LogP contribution in [0.15, 0.2) is 17.0 Å². The molecule has 1 saturated heterocycles. The summed E-state index contributed by atoms with van der Waals surface area (Å²) in [6, 6.07) is 3.55. The third kappa shape index (κ3) is 3.82. The standard InChI is InChI=1S/C16H18INO4S/c1-5-22-14-11(17)6-10(7-12(14)21-4)8-13-15(19)18(9(2)3)16(20)23-13/h6-9H,5H2,1-4H3/b13-8-. The van der Waals surface area contributed by atoms with Gasteiger partial charge in [-0.1, -0.05) is 0 Å². The molecule has 23 heavy (non-hydrogen) atoms. The van der Waals surface area contributed by atoms with Gasteiger partial charge in [0.25, 0.3) is 11.1 Å². The predicted octanol–water partition coefficient (Wildman–Crippen LogP) is 4.14. The summed E-state index contributed by atoms with van der Waals surface area (Å²) in [4.78, 5) is 26.0. The van der Waals surface area contributed by atoms with Gasteiger partial charge in [0.2, 0.25) is 0 Å². The fourth-order valence-corrected chi connectivity index (χ4v) is 3.93. The van der Waals surface area contributed by atoms with Crippen molar-refractivity contribution in [2.45, 2.75) is 26.8 Å². The van der Waals surface area contributed by atoms with Gasteiger partial charge in [-0.05, 0) is 78.9 Å². The number of imide groups is 1. The molecule has 0 radical (unpaired) electrons. The van der Waals surface area contributed by atoms with Crippen LogP contribution >= 0.6 is 34.4 Å². The first-order valence-electron chi connectivity index (χ1n) is 7.16. The molecule has 2 rings (SSSR count). The number of thioether (sulfide) groups is 1. The van der Waals surface area contributed by atoms with E-state index in [9.17, 15) is 9.59 Å². The number of benzene rings is 1. The number of hydrogen-bond donors (Lipinski definition) is 0. The number of carbonyl (C=O) groups is 2. The van der Waals surface area contributed by atoms with Crippen LogP contribution in [0, 0.1) is 3.57 Å². The van der Waals surface area contributed by atoms with Gasteiger partial charge in [0.05, 0.1) is 22.2 Å². The van der Waals surface area contributed by atoms with Crippen LogP contribution in [0.25, 0.3) is 6.08 Å². The highest BCUT2D eigenvalue weighted by atomic mass is 127. The van der Waals surface area contributed by atoms with Crippen molar-refractivity contribution < 1.29 is 19.1 Å².